The fraction of sp³-hybridized carbons (Fsp3) is 0.0625. The first kappa shape index (κ1) is 16.9. The highest BCUT2D eigenvalue weighted by Crippen LogP contribution is 2.27. The third-order valence-electron chi connectivity index (χ3n) is 2.95. The number of halogens is 2. The molecule has 0 aliphatic heterocycles. The Balaban J connectivity index is 1.57. The fourth-order valence-corrected chi connectivity index (χ4v) is 2.97. The molecular weight excluding hydrogens is 414 g/mol. The molecule has 0 radical (unpaired) electrons. The monoisotopic (exact) mass is 423 g/mol. The average molecular weight is 425 g/mol. The number of amides is 1. The lowest BCUT2D eigenvalue weighted by Crippen LogP contribution is -2.20. The van der Waals surface area contributed by atoms with Gasteiger partial charge in [0.2, 0.25) is 5.13 Å². The van der Waals surface area contributed by atoms with Gasteiger partial charge in [-0.25, -0.2) is 0 Å². The Kier molecular flexibility index (Phi) is 5.44. The predicted octanol–water partition coefficient (Wildman–Crippen LogP) is 4.64. The van der Waals surface area contributed by atoms with Gasteiger partial charge in [0, 0.05) is 15.1 Å². The van der Waals surface area contributed by atoms with Crippen molar-refractivity contribution < 1.29 is 9.53 Å². The zero-order valence-electron chi connectivity index (χ0n) is 12.2. The second kappa shape index (κ2) is 7.74. The molecule has 0 spiro atoms. The number of aromatic nitrogens is 2. The van der Waals surface area contributed by atoms with Gasteiger partial charge in [-0.15, -0.1) is 10.2 Å². The normalized spacial score (nSPS) is 10.4. The highest BCUT2D eigenvalue weighted by Gasteiger charge is 2.10. The number of hydrogen-bond donors (Lipinski definition) is 1. The summed E-state index contributed by atoms with van der Waals surface area (Å²) >= 11 is 10.5. The Bertz CT molecular complexity index is 837. The molecule has 0 saturated carbocycles. The number of carbonyl (C=O) groups excluding carboxylic acids is 1. The standard InChI is InChI=1S/C16H11BrClN3O2S/c17-11-3-1-10(2-4-11)15-20-21-16(24-15)19-14(22)9-23-13-7-5-12(18)6-8-13/h1-8H,9H2,(H,19,21,22). The largest absolute Gasteiger partial charge is 0.484 e. The van der Waals surface area contributed by atoms with E-state index in [4.69, 9.17) is 16.3 Å². The van der Waals surface area contributed by atoms with E-state index < -0.39 is 0 Å². The van der Waals surface area contributed by atoms with Crippen LogP contribution in [0.1, 0.15) is 0 Å². The topological polar surface area (TPSA) is 64.1 Å². The molecule has 3 aromatic rings. The second-order valence-electron chi connectivity index (χ2n) is 4.71. The fourth-order valence-electron chi connectivity index (χ4n) is 1.82. The first-order valence-corrected chi connectivity index (χ1v) is 8.86. The van der Waals surface area contributed by atoms with Gasteiger partial charge < -0.3 is 4.74 Å². The molecule has 122 valence electrons. The highest BCUT2D eigenvalue weighted by atomic mass is 79.9. The van der Waals surface area contributed by atoms with Crippen LogP contribution < -0.4 is 10.1 Å². The number of nitrogens with one attached hydrogen (secondary N) is 1. The summed E-state index contributed by atoms with van der Waals surface area (Å²) in [5.41, 5.74) is 0.939. The number of hydrogen-bond acceptors (Lipinski definition) is 5. The number of carbonyl (C=O) groups is 1. The average Bonchev–Trinajstić information content (AvgIpc) is 3.03. The summed E-state index contributed by atoms with van der Waals surface area (Å²) < 4.78 is 6.37. The van der Waals surface area contributed by atoms with Crippen molar-refractivity contribution in [2.75, 3.05) is 11.9 Å². The van der Waals surface area contributed by atoms with Crippen molar-refractivity contribution in [2.24, 2.45) is 0 Å². The molecule has 1 N–H and O–H groups in total. The molecule has 1 aromatic heterocycles. The maximum atomic E-state index is 11.9. The molecule has 0 atom stereocenters. The van der Waals surface area contributed by atoms with Crippen LogP contribution in [0.2, 0.25) is 5.02 Å². The quantitative estimate of drug-likeness (QED) is 0.648. The summed E-state index contributed by atoms with van der Waals surface area (Å²) in [4.78, 5) is 11.9. The van der Waals surface area contributed by atoms with Crippen molar-refractivity contribution in [3.8, 4) is 16.3 Å². The lowest BCUT2D eigenvalue weighted by Gasteiger charge is -2.05. The van der Waals surface area contributed by atoms with Gasteiger partial charge in [0.05, 0.1) is 0 Å². The Labute approximate surface area is 155 Å². The Morgan fingerprint density at radius 1 is 1.12 bits per heavy atom. The van der Waals surface area contributed by atoms with Crippen molar-refractivity contribution in [3.05, 3.63) is 58.0 Å². The summed E-state index contributed by atoms with van der Waals surface area (Å²) in [6.45, 7) is -0.116. The lowest BCUT2D eigenvalue weighted by molar-refractivity contribution is -0.118. The first-order valence-electron chi connectivity index (χ1n) is 6.88. The maximum absolute atomic E-state index is 11.9. The Hall–Kier alpha value is -1.96. The first-order chi connectivity index (χ1) is 11.6. The molecule has 3 rings (SSSR count). The van der Waals surface area contributed by atoms with Crippen LogP contribution in [0.15, 0.2) is 53.0 Å². The van der Waals surface area contributed by atoms with E-state index in [-0.39, 0.29) is 12.5 Å². The highest BCUT2D eigenvalue weighted by molar-refractivity contribution is 9.10. The Morgan fingerprint density at radius 3 is 2.54 bits per heavy atom. The van der Waals surface area contributed by atoms with Crippen LogP contribution in [0, 0.1) is 0 Å². The molecule has 5 nitrogen and oxygen atoms in total. The SMILES string of the molecule is O=C(COc1ccc(Cl)cc1)Nc1nnc(-c2ccc(Br)cc2)s1. The number of benzene rings is 2. The minimum atomic E-state index is -0.302. The van der Waals surface area contributed by atoms with Gasteiger partial charge in [-0.3, -0.25) is 10.1 Å². The van der Waals surface area contributed by atoms with Crippen LogP contribution in [0.25, 0.3) is 10.6 Å². The smallest absolute Gasteiger partial charge is 0.264 e. The lowest BCUT2D eigenvalue weighted by atomic mass is 10.2. The van der Waals surface area contributed by atoms with Crippen LogP contribution in [0.3, 0.4) is 0 Å². The second-order valence-corrected chi connectivity index (χ2v) is 7.04. The molecular formula is C16H11BrClN3O2S. The molecule has 1 heterocycles. The molecule has 0 fully saturated rings. The van der Waals surface area contributed by atoms with E-state index in [1.807, 2.05) is 24.3 Å². The zero-order chi connectivity index (χ0) is 16.9. The third-order valence-corrected chi connectivity index (χ3v) is 4.61. The van der Waals surface area contributed by atoms with Crippen LogP contribution in [0.5, 0.6) is 5.75 Å². The van der Waals surface area contributed by atoms with E-state index in [1.54, 1.807) is 24.3 Å². The molecule has 8 heteroatoms. The third kappa shape index (κ3) is 4.53. The van der Waals surface area contributed by atoms with Crippen molar-refractivity contribution in [1.82, 2.24) is 10.2 Å². The Morgan fingerprint density at radius 2 is 1.83 bits per heavy atom. The summed E-state index contributed by atoms with van der Waals surface area (Å²) in [5, 5.41) is 12.5. The zero-order valence-corrected chi connectivity index (χ0v) is 15.4. The molecule has 0 bridgehead atoms. The summed E-state index contributed by atoms with van der Waals surface area (Å²) in [6.07, 6.45) is 0. The van der Waals surface area contributed by atoms with E-state index in [0.29, 0.717) is 15.9 Å². The summed E-state index contributed by atoms with van der Waals surface area (Å²) in [5.74, 6) is 0.269. The van der Waals surface area contributed by atoms with E-state index in [1.165, 1.54) is 11.3 Å². The van der Waals surface area contributed by atoms with Crippen LogP contribution in [-0.4, -0.2) is 22.7 Å². The van der Waals surface area contributed by atoms with Gasteiger partial charge in [-0.2, -0.15) is 0 Å². The van der Waals surface area contributed by atoms with E-state index in [9.17, 15) is 4.79 Å². The van der Waals surface area contributed by atoms with Crippen LogP contribution in [0.4, 0.5) is 5.13 Å². The van der Waals surface area contributed by atoms with Crippen LogP contribution in [-0.2, 0) is 4.79 Å². The van der Waals surface area contributed by atoms with Gasteiger partial charge in [0.1, 0.15) is 10.8 Å². The number of rotatable bonds is 5. The minimum absolute atomic E-state index is 0.116. The van der Waals surface area contributed by atoms with Crippen molar-refractivity contribution in [3.63, 3.8) is 0 Å². The van der Waals surface area contributed by atoms with E-state index >= 15 is 0 Å². The van der Waals surface area contributed by atoms with Gasteiger partial charge in [-0.1, -0.05) is 51.0 Å². The maximum Gasteiger partial charge on any atom is 0.264 e. The van der Waals surface area contributed by atoms with E-state index in [0.717, 1.165) is 15.0 Å². The van der Waals surface area contributed by atoms with E-state index in [2.05, 4.69) is 31.4 Å². The molecule has 0 aliphatic carbocycles. The van der Waals surface area contributed by atoms with Crippen molar-refractivity contribution in [1.29, 1.82) is 0 Å². The van der Waals surface area contributed by atoms with Crippen molar-refractivity contribution >= 4 is 49.9 Å². The van der Waals surface area contributed by atoms with Gasteiger partial charge in [-0.05, 0) is 36.4 Å². The minimum Gasteiger partial charge on any atom is -0.484 e. The molecule has 0 unspecified atom stereocenters. The molecule has 0 aliphatic rings. The van der Waals surface area contributed by atoms with Gasteiger partial charge in [0.25, 0.3) is 5.91 Å². The number of nitrogens with zero attached hydrogens (tertiary/aromatic N) is 2. The predicted molar refractivity (Wildman–Crippen MR) is 98.6 cm³/mol. The molecule has 0 saturated heterocycles. The van der Waals surface area contributed by atoms with Gasteiger partial charge in [0.15, 0.2) is 6.61 Å². The summed E-state index contributed by atoms with van der Waals surface area (Å²) in [7, 11) is 0. The van der Waals surface area contributed by atoms with Gasteiger partial charge >= 0.3 is 0 Å². The van der Waals surface area contributed by atoms with Crippen molar-refractivity contribution in [2.45, 2.75) is 0 Å². The molecule has 1 amide bonds. The summed E-state index contributed by atoms with van der Waals surface area (Å²) in [6, 6.07) is 14.5. The number of ether oxygens (including phenoxy) is 1. The molecule has 24 heavy (non-hydrogen) atoms. The number of anilines is 1. The molecule has 2 aromatic carbocycles. The van der Waals surface area contributed by atoms with Crippen LogP contribution >= 0.6 is 38.9 Å².